The van der Waals surface area contributed by atoms with Crippen molar-refractivity contribution in [2.24, 2.45) is 17.8 Å². The number of carbonyl (C=O) groups excluding carboxylic acids is 2. The summed E-state index contributed by atoms with van der Waals surface area (Å²) in [4.78, 5) is 30.9. The van der Waals surface area contributed by atoms with Crippen LogP contribution in [0.25, 0.3) is 0 Å². The number of carbonyl (C=O) groups is 2. The average molecular weight is 443 g/mol. The summed E-state index contributed by atoms with van der Waals surface area (Å²) in [6.07, 6.45) is 1.53. The van der Waals surface area contributed by atoms with E-state index in [0.29, 0.717) is 17.4 Å². The number of hydrogen-bond acceptors (Lipinski definition) is 5. The van der Waals surface area contributed by atoms with Gasteiger partial charge in [-0.3, -0.25) is 14.5 Å². The number of thiazole rings is 1. The Morgan fingerprint density at radius 1 is 1.13 bits per heavy atom. The van der Waals surface area contributed by atoms with Crippen molar-refractivity contribution in [3.05, 3.63) is 46.5 Å². The highest BCUT2D eigenvalue weighted by atomic mass is 32.1. The second kappa shape index (κ2) is 10.9. The van der Waals surface area contributed by atoms with Crippen LogP contribution in [-0.4, -0.2) is 34.8 Å². The van der Waals surface area contributed by atoms with Crippen LogP contribution in [0.15, 0.2) is 29.6 Å². The summed E-state index contributed by atoms with van der Waals surface area (Å²) >= 11 is 1.34. The normalized spacial score (nSPS) is 19.4. The van der Waals surface area contributed by atoms with E-state index in [4.69, 9.17) is 0 Å². The van der Waals surface area contributed by atoms with E-state index in [-0.39, 0.29) is 24.2 Å². The van der Waals surface area contributed by atoms with E-state index < -0.39 is 0 Å². The lowest BCUT2D eigenvalue weighted by Gasteiger charge is -2.35. The molecule has 0 spiro atoms. The zero-order chi connectivity index (χ0) is 22.4. The molecule has 1 fully saturated rings. The second-order valence-corrected chi connectivity index (χ2v) is 10.1. The van der Waals surface area contributed by atoms with Crippen molar-refractivity contribution in [1.29, 1.82) is 0 Å². The molecule has 2 atom stereocenters. The van der Waals surface area contributed by atoms with E-state index in [1.54, 1.807) is 0 Å². The maximum Gasteiger partial charge on any atom is 0.228 e. The number of nitrogens with one attached hydrogen (secondary N) is 2. The lowest BCUT2D eigenvalue weighted by Crippen LogP contribution is -2.38. The quantitative estimate of drug-likeness (QED) is 0.646. The van der Waals surface area contributed by atoms with E-state index >= 15 is 0 Å². The molecule has 1 aliphatic rings. The molecule has 1 aromatic carbocycles. The van der Waals surface area contributed by atoms with Gasteiger partial charge in [-0.15, -0.1) is 11.3 Å². The van der Waals surface area contributed by atoms with Gasteiger partial charge in [0.25, 0.3) is 0 Å². The molecule has 2 aromatic rings. The molecule has 0 bridgehead atoms. The van der Waals surface area contributed by atoms with Crippen LogP contribution < -0.4 is 10.6 Å². The van der Waals surface area contributed by atoms with Gasteiger partial charge in [-0.05, 0) is 29.4 Å². The van der Waals surface area contributed by atoms with Crippen molar-refractivity contribution < 1.29 is 9.59 Å². The van der Waals surface area contributed by atoms with Crippen molar-refractivity contribution in [3.8, 4) is 0 Å². The molecule has 2 amide bonds. The van der Waals surface area contributed by atoms with Crippen molar-refractivity contribution in [1.82, 2.24) is 15.2 Å². The monoisotopic (exact) mass is 442 g/mol. The van der Waals surface area contributed by atoms with Crippen molar-refractivity contribution in [3.63, 3.8) is 0 Å². The highest BCUT2D eigenvalue weighted by Crippen LogP contribution is 2.22. The van der Waals surface area contributed by atoms with Gasteiger partial charge in [-0.1, -0.05) is 52.0 Å². The molecule has 1 aromatic heterocycles. The maximum absolute atomic E-state index is 12.3. The molecule has 1 aliphatic heterocycles. The lowest BCUT2D eigenvalue weighted by molar-refractivity contribution is -0.120. The number of likely N-dealkylation sites (tertiary alicyclic amines) is 1. The van der Waals surface area contributed by atoms with Crippen molar-refractivity contribution in [2.75, 3.05) is 18.4 Å². The van der Waals surface area contributed by atoms with Gasteiger partial charge in [0, 0.05) is 37.5 Å². The maximum atomic E-state index is 12.3. The highest BCUT2D eigenvalue weighted by molar-refractivity contribution is 7.13. The van der Waals surface area contributed by atoms with Gasteiger partial charge in [0.2, 0.25) is 11.8 Å². The fourth-order valence-electron chi connectivity index (χ4n) is 4.06. The number of amides is 2. The first-order valence-corrected chi connectivity index (χ1v) is 12.0. The molecule has 2 N–H and O–H groups in total. The Morgan fingerprint density at radius 2 is 1.77 bits per heavy atom. The van der Waals surface area contributed by atoms with Crippen LogP contribution in [0.2, 0.25) is 0 Å². The number of benzene rings is 1. The Hall–Kier alpha value is -2.25. The summed E-state index contributed by atoms with van der Waals surface area (Å²) in [5, 5.41) is 8.07. The first-order valence-electron chi connectivity index (χ1n) is 11.1. The molecule has 7 heteroatoms. The summed E-state index contributed by atoms with van der Waals surface area (Å²) < 4.78 is 0. The Morgan fingerprint density at radius 3 is 2.42 bits per heavy atom. The zero-order valence-electron chi connectivity index (χ0n) is 19.0. The Bertz CT molecular complexity index is 868. The first-order chi connectivity index (χ1) is 14.8. The van der Waals surface area contributed by atoms with E-state index in [9.17, 15) is 9.59 Å². The molecular formula is C24H34N4O2S. The largest absolute Gasteiger partial charge is 0.352 e. The van der Waals surface area contributed by atoms with Crippen molar-refractivity contribution >= 4 is 28.3 Å². The number of hydrogen-bond donors (Lipinski definition) is 2. The fraction of sp³-hybridized carbons (Fsp3) is 0.542. The van der Waals surface area contributed by atoms with Crippen LogP contribution in [0.5, 0.6) is 0 Å². The molecule has 0 radical (unpaired) electrons. The third-order valence-corrected chi connectivity index (χ3v) is 6.32. The van der Waals surface area contributed by atoms with Crippen LogP contribution in [0.3, 0.4) is 0 Å². The smallest absolute Gasteiger partial charge is 0.228 e. The summed E-state index contributed by atoms with van der Waals surface area (Å²) in [7, 11) is 0. The minimum absolute atomic E-state index is 0.0712. The summed E-state index contributed by atoms with van der Waals surface area (Å²) in [5.41, 5.74) is 3.07. The minimum Gasteiger partial charge on any atom is -0.352 e. The van der Waals surface area contributed by atoms with Crippen LogP contribution >= 0.6 is 11.3 Å². The molecule has 1 saturated heterocycles. The van der Waals surface area contributed by atoms with Gasteiger partial charge in [0.15, 0.2) is 5.13 Å². The molecule has 6 nitrogen and oxygen atoms in total. The second-order valence-electron chi connectivity index (χ2n) is 9.20. The Kier molecular flexibility index (Phi) is 8.21. The van der Waals surface area contributed by atoms with Gasteiger partial charge in [-0.2, -0.15) is 0 Å². The number of piperidine rings is 1. The standard InChI is InChI=1S/C24H34N4O2S/c1-16(2)23(30)27-24-26-21(15-31-24)10-22(29)25-11-19-5-7-20(8-6-19)14-28-12-17(3)9-18(4)13-28/h5-8,15-18H,9-14H2,1-4H3,(H,25,29)(H,26,27,30). The zero-order valence-corrected chi connectivity index (χ0v) is 19.8. The van der Waals surface area contributed by atoms with E-state index in [1.165, 1.54) is 36.4 Å². The van der Waals surface area contributed by atoms with Crippen molar-refractivity contribution in [2.45, 2.75) is 53.6 Å². The number of nitrogens with zero attached hydrogens (tertiary/aromatic N) is 2. The molecule has 0 saturated carbocycles. The van der Waals surface area contributed by atoms with E-state index in [0.717, 1.165) is 23.9 Å². The highest BCUT2D eigenvalue weighted by Gasteiger charge is 2.21. The molecule has 31 heavy (non-hydrogen) atoms. The molecular weight excluding hydrogens is 408 g/mol. The first kappa shape index (κ1) is 23.4. The molecule has 2 heterocycles. The SMILES string of the molecule is CC1CC(C)CN(Cc2ccc(CNC(=O)Cc3csc(NC(=O)C(C)C)n3)cc2)C1. The molecule has 168 valence electrons. The van der Waals surface area contributed by atoms with Crippen LogP contribution in [-0.2, 0) is 29.1 Å². The van der Waals surface area contributed by atoms with E-state index in [1.807, 2.05) is 19.2 Å². The van der Waals surface area contributed by atoms with Gasteiger partial charge >= 0.3 is 0 Å². The van der Waals surface area contributed by atoms with E-state index in [2.05, 4.69) is 58.6 Å². The molecule has 3 rings (SSSR count). The third-order valence-electron chi connectivity index (χ3n) is 5.51. The average Bonchev–Trinajstić information content (AvgIpc) is 3.13. The fourth-order valence-corrected chi connectivity index (χ4v) is 4.78. The summed E-state index contributed by atoms with van der Waals surface area (Å²) in [5.74, 6) is 1.27. The van der Waals surface area contributed by atoms with Crippen LogP contribution in [0.1, 0.15) is 50.9 Å². The number of rotatable bonds is 8. The summed E-state index contributed by atoms with van der Waals surface area (Å²) in [6.45, 7) is 12.2. The molecule has 0 aliphatic carbocycles. The minimum atomic E-state index is -0.103. The predicted molar refractivity (Wildman–Crippen MR) is 126 cm³/mol. The van der Waals surface area contributed by atoms with Crippen LogP contribution in [0, 0.1) is 17.8 Å². The van der Waals surface area contributed by atoms with Gasteiger partial charge < -0.3 is 10.6 Å². The van der Waals surface area contributed by atoms with Gasteiger partial charge in [-0.25, -0.2) is 4.98 Å². The Balaban J connectivity index is 1.43. The number of aromatic nitrogens is 1. The van der Waals surface area contributed by atoms with Gasteiger partial charge in [0.05, 0.1) is 12.1 Å². The van der Waals surface area contributed by atoms with Gasteiger partial charge in [0.1, 0.15) is 0 Å². The lowest BCUT2D eigenvalue weighted by atomic mass is 9.91. The summed E-state index contributed by atoms with van der Waals surface area (Å²) in [6, 6.07) is 8.51. The topological polar surface area (TPSA) is 74.3 Å². The predicted octanol–water partition coefficient (Wildman–Crippen LogP) is 4.07. The Labute approximate surface area is 189 Å². The molecule has 2 unspecified atom stereocenters. The third kappa shape index (κ3) is 7.43. The number of anilines is 1. The van der Waals surface area contributed by atoms with Crippen LogP contribution in [0.4, 0.5) is 5.13 Å².